The van der Waals surface area contributed by atoms with E-state index in [1.54, 1.807) is 4.90 Å². The van der Waals surface area contributed by atoms with Crippen LogP contribution < -0.4 is 0 Å². The molecule has 2 heterocycles. The van der Waals surface area contributed by atoms with Crippen molar-refractivity contribution in [3.63, 3.8) is 0 Å². The molecule has 0 aliphatic carbocycles. The molecule has 1 unspecified atom stereocenters. The average Bonchev–Trinajstić information content (AvgIpc) is 2.99. The largest absolute Gasteiger partial charge is 0.456 e. The molecule has 1 aromatic carbocycles. The SMILES string of the molecule is O=C(CC1CCS(=O)(=O)C1)OCC(=O)N1CCN(Cc2ccccc2)CC1. The van der Waals surface area contributed by atoms with E-state index in [0.717, 1.165) is 19.6 Å². The van der Waals surface area contributed by atoms with Crippen molar-refractivity contribution >= 4 is 21.7 Å². The maximum atomic E-state index is 12.2. The van der Waals surface area contributed by atoms with Crippen LogP contribution in [0.3, 0.4) is 0 Å². The standard InChI is InChI=1S/C19H26N2O5S/c22-18(14-26-19(23)12-17-6-11-27(24,25)15-17)21-9-7-20(8-10-21)13-16-4-2-1-3-5-16/h1-5,17H,6-15H2. The lowest BCUT2D eigenvalue weighted by molar-refractivity contribution is -0.153. The average molecular weight is 394 g/mol. The molecule has 8 heteroatoms. The number of piperazine rings is 1. The maximum absolute atomic E-state index is 12.2. The van der Waals surface area contributed by atoms with Gasteiger partial charge in [-0.15, -0.1) is 0 Å². The Kier molecular flexibility index (Phi) is 6.49. The van der Waals surface area contributed by atoms with Gasteiger partial charge in [0.1, 0.15) is 0 Å². The summed E-state index contributed by atoms with van der Waals surface area (Å²) in [7, 11) is -3.01. The normalized spacial score (nSPS) is 22.5. The van der Waals surface area contributed by atoms with E-state index in [0.29, 0.717) is 19.5 Å². The number of esters is 1. The molecular formula is C19H26N2O5S. The molecule has 0 bridgehead atoms. The number of nitrogens with zero attached hydrogens (tertiary/aromatic N) is 2. The minimum Gasteiger partial charge on any atom is -0.456 e. The first-order chi connectivity index (χ1) is 12.9. The first-order valence-electron chi connectivity index (χ1n) is 9.31. The molecule has 0 spiro atoms. The zero-order valence-electron chi connectivity index (χ0n) is 15.4. The van der Waals surface area contributed by atoms with Crippen molar-refractivity contribution in [3.05, 3.63) is 35.9 Å². The van der Waals surface area contributed by atoms with Crippen molar-refractivity contribution in [2.45, 2.75) is 19.4 Å². The number of carbonyl (C=O) groups is 2. The third-order valence-corrected chi connectivity index (χ3v) is 6.95. The van der Waals surface area contributed by atoms with E-state index in [9.17, 15) is 18.0 Å². The summed E-state index contributed by atoms with van der Waals surface area (Å²) in [5.41, 5.74) is 1.25. The molecule has 0 N–H and O–H groups in total. The van der Waals surface area contributed by atoms with Crippen LogP contribution in [0.1, 0.15) is 18.4 Å². The van der Waals surface area contributed by atoms with Gasteiger partial charge < -0.3 is 9.64 Å². The van der Waals surface area contributed by atoms with E-state index >= 15 is 0 Å². The smallest absolute Gasteiger partial charge is 0.306 e. The van der Waals surface area contributed by atoms with Gasteiger partial charge in [0.2, 0.25) is 0 Å². The van der Waals surface area contributed by atoms with Crippen LogP contribution >= 0.6 is 0 Å². The van der Waals surface area contributed by atoms with Crippen molar-refractivity contribution in [2.24, 2.45) is 5.92 Å². The topological polar surface area (TPSA) is 84.0 Å². The Morgan fingerprint density at radius 1 is 1.07 bits per heavy atom. The Morgan fingerprint density at radius 2 is 1.78 bits per heavy atom. The number of hydrogen-bond acceptors (Lipinski definition) is 6. The van der Waals surface area contributed by atoms with Crippen LogP contribution in [0.5, 0.6) is 0 Å². The third kappa shape index (κ3) is 6.04. The van der Waals surface area contributed by atoms with Crippen molar-refractivity contribution in [3.8, 4) is 0 Å². The van der Waals surface area contributed by atoms with Crippen molar-refractivity contribution in [1.82, 2.24) is 9.80 Å². The van der Waals surface area contributed by atoms with Crippen LogP contribution in [0.15, 0.2) is 30.3 Å². The maximum Gasteiger partial charge on any atom is 0.306 e. The van der Waals surface area contributed by atoms with Gasteiger partial charge in [-0.25, -0.2) is 8.42 Å². The van der Waals surface area contributed by atoms with Gasteiger partial charge in [0.25, 0.3) is 5.91 Å². The van der Waals surface area contributed by atoms with Crippen LogP contribution in [0.4, 0.5) is 0 Å². The fraction of sp³-hybridized carbons (Fsp3) is 0.579. The Balaban J connectivity index is 1.35. The molecule has 1 aromatic rings. The highest BCUT2D eigenvalue weighted by molar-refractivity contribution is 7.91. The van der Waals surface area contributed by atoms with Gasteiger partial charge in [-0.2, -0.15) is 0 Å². The number of rotatable bonds is 6. The molecule has 2 aliphatic rings. The molecule has 0 aromatic heterocycles. The molecule has 7 nitrogen and oxygen atoms in total. The first-order valence-corrected chi connectivity index (χ1v) is 11.1. The summed E-state index contributed by atoms with van der Waals surface area (Å²) in [5, 5.41) is 0. The van der Waals surface area contributed by atoms with Gasteiger partial charge in [-0.05, 0) is 17.9 Å². The zero-order valence-corrected chi connectivity index (χ0v) is 16.2. The molecule has 0 radical (unpaired) electrons. The number of benzene rings is 1. The monoisotopic (exact) mass is 394 g/mol. The van der Waals surface area contributed by atoms with Gasteiger partial charge in [0.15, 0.2) is 16.4 Å². The van der Waals surface area contributed by atoms with Gasteiger partial charge in [-0.1, -0.05) is 30.3 Å². The Bertz CT molecular complexity index is 758. The summed E-state index contributed by atoms with van der Waals surface area (Å²) in [6, 6.07) is 10.2. The highest BCUT2D eigenvalue weighted by atomic mass is 32.2. The fourth-order valence-electron chi connectivity index (χ4n) is 3.56. The van der Waals surface area contributed by atoms with E-state index in [4.69, 9.17) is 4.74 Å². The molecule has 1 atom stereocenters. The molecule has 2 saturated heterocycles. The minimum absolute atomic E-state index is 0.0411. The molecule has 27 heavy (non-hydrogen) atoms. The lowest BCUT2D eigenvalue weighted by Crippen LogP contribution is -2.49. The molecular weight excluding hydrogens is 368 g/mol. The van der Waals surface area contributed by atoms with Crippen molar-refractivity contribution in [1.29, 1.82) is 0 Å². The second-order valence-electron chi connectivity index (χ2n) is 7.28. The second-order valence-corrected chi connectivity index (χ2v) is 9.51. The predicted octanol–water partition coefficient (Wildman–Crippen LogP) is 0.699. The molecule has 1 amide bonds. The predicted molar refractivity (Wildman–Crippen MR) is 101 cm³/mol. The summed E-state index contributed by atoms with van der Waals surface area (Å²) in [6.45, 7) is 3.40. The molecule has 0 saturated carbocycles. The number of ether oxygens (including phenoxy) is 1. The van der Waals surface area contributed by atoms with E-state index < -0.39 is 15.8 Å². The van der Waals surface area contributed by atoms with Crippen LogP contribution in [0.2, 0.25) is 0 Å². The molecule has 148 valence electrons. The van der Waals surface area contributed by atoms with Crippen LogP contribution in [0.25, 0.3) is 0 Å². The second kappa shape index (κ2) is 8.84. The van der Waals surface area contributed by atoms with E-state index in [1.807, 2.05) is 18.2 Å². The Labute approximate surface area is 160 Å². The van der Waals surface area contributed by atoms with E-state index in [2.05, 4.69) is 17.0 Å². The van der Waals surface area contributed by atoms with Gasteiger partial charge >= 0.3 is 5.97 Å². The lowest BCUT2D eigenvalue weighted by atomic mass is 10.1. The van der Waals surface area contributed by atoms with Crippen molar-refractivity contribution in [2.75, 3.05) is 44.3 Å². The highest BCUT2D eigenvalue weighted by Crippen LogP contribution is 2.21. The summed E-state index contributed by atoms with van der Waals surface area (Å²) in [5.74, 6) is -0.689. The summed E-state index contributed by atoms with van der Waals surface area (Å²) in [6.07, 6.45) is 0.562. The Hall–Kier alpha value is -1.93. The number of hydrogen-bond donors (Lipinski definition) is 0. The number of carbonyl (C=O) groups excluding carboxylic acids is 2. The lowest BCUT2D eigenvalue weighted by Gasteiger charge is -2.34. The molecule has 3 rings (SSSR count). The van der Waals surface area contributed by atoms with Gasteiger partial charge in [0.05, 0.1) is 11.5 Å². The van der Waals surface area contributed by atoms with Crippen molar-refractivity contribution < 1.29 is 22.7 Å². The minimum atomic E-state index is -3.01. The third-order valence-electron chi connectivity index (χ3n) is 5.11. The quantitative estimate of drug-likeness (QED) is 0.661. The Morgan fingerprint density at radius 3 is 2.41 bits per heavy atom. The van der Waals surface area contributed by atoms with E-state index in [1.165, 1.54) is 5.56 Å². The van der Waals surface area contributed by atoms with Gasteiger partial charge in [0, 0.05) is 39.1 Å². The zero-order chi connectivity index (χ0) is 19.3. The highest BCUT2D eigenvalue weighted by Gasteiger charge is 2.30. The summed E-state index contributed by atoms with van der Waals surface area (Å²) >= 11 is 0. The fourth-order valence-corrected chi connectivity index (χ4v) is 5.42. The molecule has 2 aliphatic heterocycles. The number of sulfone groups is 1. The summed E-state index contributed by atoms with van der Waals surface area (Å²) < 4.78 is 27.9. The first kappa shape index (κ1) is 19.8. The van der Waals surface area contributed by atoms with Crippen LogP contribution in [-0.2, 0) is 30.7 Å². The van der Waals surface area contributed by atoms with Gasteiger partial charge in [-0.3, -0.25) is 14.5 Å². The van der Waals surface area contributed by atoms with E-state index in [-0.39, 0.29) is 36.4 Å². The van der Waals surface area contributed by atoms with Crippen LogP contribution in [0, 0.1) is 5.92 Å². The molecule has 2 fully saturated rings. The van der Waals surface area contributed by atoms with Crippen LogP contribution in [-0.4, -0.2) is 74.4 Å². The summed E-state index contributed by atoms with van der Waals surface area (Å²) in [4.78, 5) is 28.1. The number of amides is 1.